The molecule has 0 saturated carbocycles. The van der Waals surface area contributed by atoms with Gasteiger partial charge in [-0.15, -0.1) is 0 Å². The molecule has 0 aromatic heterocycles. The van der Waals surface area contributed by atoms with Gasteiger partial charge in [0.2, 0.25) is 0 Å². The van der Waals surface area contributed by atoms with Crippen molar-refractivity contribution in [2.24, 2.45) is 0 Å². The van der Waals surface area contributed by atoms with E-state index in [1.54, 1.807) is 14.2 Å². The highest BCUT2D eigenvalue weighted by atomic mass is 16.5. The molecule has 1 aliphatic heterocycles. The zero-order chi connectivity index (χ0) is 20.9. The number of rotatable bonds is 3. The third-order valence-electron chi connectivity index (χ3n) is 5.80. The largest absolute Gasteiger partial charge is 0.507 e. The molecule has 5 nitrogen and oxygen atoms in total. The molecule has 1 aliphatic rings. The Kier molecular flexibility index (Phi) is 4.79. The van der Waals surface area contributed by atoms with Gasteiger partial charge in [-0.2, -0.15) is 0 Å². The summed E-state index contributed by atoms with van der Waals surface area (Å²) in [6.07, 6.45) is 0.716. The highest BCUT2D eigenvalue weighted by Crippen LogP contribution is 2.48. The molecule has 152 valence electrons. The average Bonchev–Trinajstić information content (AvgIpc) is 2.66. The van der Waals surface area contributed by atoms with Crippen molar-refractivity contribution in [2.45, 2.75) is 39.3 Å². The van der Waals surface area contributed by atoms with Gasteiger partial charge in [-0.3, -0.25) is 0 Å². The van der Waals surface area contributed by atoms with Gasteiger partial charge in [0.15, 0.2) is 0 Å². The molecular formula is C24H27NO4. The van der Waals surface area contributed by atoms with Gasteiger partial charge in [0.1, 0.15) is 23.0 Å². The standard InChI is InChI=1S/C24H27NO4/c1-12-8-16-15(6-7-20(28-4)24(16)21(9-12)29-5)23-17-10-13(2)25-14(3)22(17)18(26)11-19(23)27/h6-9,11,13-14,25-27H,10H2,1-5H3/t13-,14+/m0/s1. The minimum atomic E-state index is -0.00566. The van der Waals surface area contributed by atoms with E-state index in [1.807, 2.05) is 32.0 Å². The van der Waals surface area contributed by atoms with Crippen molar-refractivity contribution in [1.82, 2.24) is 5.32 Å². The Morgan fingerprint density at radius 1 is 0.966 bits per heavy atom. The second-order valence-electron chi connectivity index (χ2n) is 7.88. The minimum absolute atomic E-state index is 0.00566. The Balaban J connectivity index is 2.12. The van der Waals surface area contributed by atoms with E-state index in [0.717, 1.165) is 50.1 Å². The van der Waals surface area contributed by atoms with Crippen LogP contribution in [-0.4, -0.2) is 30.5 Å². The Morgan fingerprint density at radius 3 is 2.38 bits per heavy atom. The number of benzene rings is 3. The quantitative estimate of drug-likeness (QED) is 0.594. The van der Waals surface area contributed by atoms with E-state index >= 15 is 0 Å². The molecular weight excluding hydrogens is 366 g/mol. The lowest BCUT2D eigenvalue weighted by atomic mass is 9.83. The number of nitrogens with one attached hydrogen (secondary N) is 1. The van der Waals surface area contributed by atoms with Crippen molar-refractivity contribution in [3.63, 3.8) is 0 Å². The van der Waals surface area contributed by atoms with Gasteiger partial charge in [-0.05, 0) is 67.5 Å². The maximum Gasteiger partial charge on any atom is 0.130 e. The van der Waals surface area contributed by atoms with Crippen LogP contribution >= 0.6 is 0 Å². The number of aryl methyl sites for hydroxylation is 1. The number of fused-ring (bicyclic) bond motifs is 2. The first-order valence-corrected chi connectivity index (χ1v) is 9.85. The van der Waals surface area contributed by atoms with E-state index in [9.17, 15) is 10.2 Å². The Labute approximate surface area is 170 Å². The van der Waals surface area contributed by atoms with E-state index in [-0.39, 0.29) is 23.6 Å². The predicted molar refractivity (Wildman–Crippen MR) is 115 cm³/mol. The van der Waals surface area contributed by atoms with Crippen LogP contribution in [0.15, 0.2) is 30.3 Å². The molecule has 4 rings (SSSR count). The smallest absolute Gasteiger partial charge is 0.130 e. The van der Waals surface area contributed by atoms with Crippen molar-refractivity contribution in [2.75, 3.05) is 14.2 Å². The van der Waals surface area contributed by atoms with Gasteiger partial charge in [0.25, 0.3) is 0 Å². The number of hydrogen-bond acceptors (Lipinski definition) is 5. The van der Waals surface area contributed by atoms with Crippen molar-refractivity contribution in [3.05, 3.63) is 47.0 Å². The molecule has 0 unspecified atom stereocenters. The van der Waals surface area contributed by atoms with Gasteiger partial charge in [0, 0.05) is 29.3 Å². The number of phenols is 2. The third kappa shape index (κ3) is 3.06. The number of aromatic hydroxyl groups is 2. The summed E-state index contributed by atoms with van der Waals surface area (Å²) in [5.74, 6) is 1.65. The lowest BCUT2D eigenvalue weighted by Gasteiger charge is -2.32. The van der Waals surface area contributed by atoms with Gasteiger partial charge >= 0.3 is 0 Å². The van der Waals surface area contributed by atoms with E-state index in [2.05, 4.69) is 18.3 Å². The van der Waals surface area contributed by atoms with Gasteiger partial charge in [0.05, 0.1) is 19.6 Å². The minimum Gasteiger partial charge on any atom is -0.507 e. The highest BCUT2D eigenvalue weighted by molar-refractivity contribution is 6.05. The third-order valence-corrected chi connectivity index (χ3v) is 5.80. The zero-order valence-corrected chi connectivity index (χ0v) is 17.5. The fourth-order valence-electron chi connectivity index (χ4n) is 4.70. The van der Waals surface area contributed by atoms with Crippen LogP contribution in [0.4, 0.5) is 0 Å². The van der Waals surface area contributed by atoms with Crippen LogP contribution in [0.25, 0.3) is 21.9 Å². The van der Waals surface area contributed by atoms with Crippen LogP contribution in [0.2, 0.25) is 0 Å². The fraction of sp³-hybridized carbons (Fsp3) is 0.333. The van der Waals surface area contributed by atoms with E-state index in [4.69, 9.17) is 9.47 Å². The molecule has 0 bridgehead atoms. The molecule has 3 aromatic rings. The summed E-state index contributed by atoms with van der Waals surface area (Å²) in [7, 11) is 3.29. The summed E-state index contributed by atoms with van der Waals surface area (Å²) in [5.41, 5.74) is 4.54. The van der Waals surface area contributed by atoms with Gasteiger partial charge in [-0.25, -0.2) is 0 Å². The molecule has 0 saturated heterocycles. The summed E-state index contributed by atoms with van der Waals surface area (Å²) in [6, 6.07) is 9.63. The van der Waals surface area contributed by atoms with E-state index < -0.39 is 0 Å². The predicted octanol–water partition coefficient (Wildman–Crippen LogP) is 4.84. The average molecular weight is 393 g/mol. The molecule has 0 amide bonds. The van der Waals surface area contributed by atoms with Crippen LogP contribution in [0.3, 0.4) is 0 Å². The maximum absolute atomic E-state index is 10.9. The SMILES string of the molecule is COc1ccc(-c2c(O)cc(O)c3c2C[C@H](C)N[C@@H]3C)c2cc(C)cc(OC)c12. The molecule has 0 radical (unpaired) electrons. The van der Waals surface area contributed by atoms with E-state index in [0.29, 0.717) is 6.42 Å². The molecule has 29 heavy (non-hydrogen) atoms. The van der Waals surface area contributed by atoms with Crippen LogP contribution in [0, 0.1) is 6.92 Å². The van der Waals surface area contributed by atoms with Crippen LogP contribution in [0.5, 0.6) is 23.0 Å². The summed E-state index contributed by atoms with van der Waals surface area (Å²) in [6.45, 7) is 6.17. The molecule has 1 heterocycles. The summed E-state index contributed by atoms with van der Waals surface area (Å²) in [4.78, 5) is 0. The lowest BCUT2D eigenvalue weighted by Crippen LogP contribution is -2.36. The summed E-state index contributed by atoms with van der Waals surface area (Å²) >= 11 is 0. The number of methoxy groups -OCH3 is 2. The number of phenolic OH excluding ortho intramolecular Hbond substituents is 2. The van der Waals surface area contributed by atoms with Gasteiger partial charge < -0.3 is 25.0 Å². The Bertz CT molecular complexity index is 1110. The topological polar surface area (TPSA) is 71.0 Å². The van der Waals surface area contributed by atoms with Crippen molar-refractivity contribution < 1.29 is 19.7 Å². The maximum atomic E-state index is 10.9. The second kappa shape index (κ2) is 7.16. The summed E-state index contributed by atoms with van der Waals surface area (Å²) in [5, 5.41) is 26.8. The first-order valence-electron chi connectivity index (χ1n) is 9.85. The molecule has 3 N–H and O–H groups in total. The first-order chi connectivity index (χ1) is 13.8. The molecule has 0 spiro atoms. The highest BCUT2D eigenvalue weighted by Gasteiger charge is 2.29. The Morgan fingerprint density at radius 2 is 1.69 bits per heavy atom. The fourth-order valence-corrected chi connectivity index (χ4v) is 4.70. The Hall–Kier alpha value is -2.92. The lowest BCUT2D eigenvalue weighted by molar-refractivity contribution is 0.401. The van der Waals surface area contributed by atoms with Crippen LogP contribution in [-0.2, 0) is 6.42 Å². The zero-order valence-electron chi connectivity index (χ0n) is 17.5. The molecule has 0 aliphatic carbocycles. The molecule has 0 fully saturated rings. The van der Waals surface area contributed by atoms with E-state index in [1.165, 1.54) is 6.07 Å². The van der Waals surface area contributed by atoms with Crippen molar-refractivity contribution in [3.8, 4) is 34.1 Å². The van der Waals surface area contributed by atoms with Crippen LogP contribution in [0.1, 0.15) is 36.6 Å². The number of hydrogen-bond donors (Lipinski definition) is 3. The second-order valence-corrected chi connectivity index (χ2v) is 7.88. The monoisotopic (exact) mass is 393 g/mol. The van der Waals surface area contributed by atoms with Crippen LogP contribution < -0.4 is 14.8 Å². The van der Waals surface area contributed by atoms with Gasteiger partial charge in [-0.1, -0.05) is 6.07 Å². The summed E-state index contributed by atoms with van der Waals surface area (Å²) < 4.78 is 11.2. The number of ether oxygens (including phenoxy) is 2. The first kappa shape index (κ1) is 19.4. The van der Waals surface area contributed by atoms with Crippen molar-refractivity contribution >= 4 is 10.8 Å². The molecule has 3 aromatic carbocycles. The molecule has 5 heteroatoms. The van der Waals surface area contributed by atoms with Crippen molar-refractivity contribution in [1.29, 1.82) is 0 Å². The molecule has 2 atom stereocenters. The normalized spacial score (nSPS) is 18.5.